The fourth-order valence-electron chi connectivity index (χ4n) is 2.66. The molecule has 2 rings (SSSR count). The summed E-state index contributed by atoms with van der Waals surface area (Å²) in [4.78, 5) is 37.0. The molecule has 0 fully saturated rings. The van der Waals surface area contributed by atoms with Crippen LogP contribution >= 0.6 is 15.9 Å². The second kappa shape index (κ2) is 7.26. The Morgan fingerprint density at radius 2 is 1.88 bits per heavy atom. The Morgan fingerprint density at radius 1 is 1.28 bits per heavy atom. The average molecular weight is 411 g/mol. The average Bonchev–Trinajstić information content (AvgIpc) is 2.50. The van der Waals surface area contributed by atoms with Gasteiger partial charge in [0, 0.05) is 23.0 Å². The van der Waals surface area contributed by atoms with Crippen LogP contribution in [0.5, 0.6) is 0 Å². The predicted molar refractivity (Wildman–Crippen MR) is 93.7 cm³/mol. The van der Waals surface area contributed by atoms with Crippen molar-refractivity contribution >= 4 is 33.7 Å². The number of carbonyl (C=O) groups is 3. The van der Waals surface area contributed by atoms with Crippen LogP contribution in [-0.2, 0) is 20.9 Å². The molecule has 0 unspecified atom stereocenters. The number of halogens is 1. The Bertz CT molecular complexity index is 740. The van der Waals surface area contributed by atoms with Crippen LogP contribution in [0.15, 0.2) is 40.1 Å². The second-order valence-corrected chi connectivity index (χ2v) is 7.32. The normalized spacial score (nSPS) is 16.8. The second-order valence-electron chi connectivity index (χ2n) is 6.41. The Hall–Kier alpha value is -2.35. The van der Waals surface area contributed by atoms with E-state index in [0.29, 0.717) is 0 Å². The van der Waals surface area contributed by atoms with Gasteiger partial charge in [-0.3, -0.25) is 14.4 Å². The lowest BCUT2D eigenvalue weighted by Crippen LogP contribution is -2.53. The molecule has 8 heteroatoms. The summed E-state index contributed by atoms with van der Waals surface area (Å²) in [6, 6.07) is 7.42. The minimum Gasteiger partial charge on any atom is -0.511 e. The van der Waals surface area contributed by atoms with Gasteiger partial charge in [0.2, 0.25) is 0 Å². The van der Waals surface area contributed by atoms with Crippen molar-refractivity contribution in [2.24, 2.45) is 0 Å². The largest absolute Gasteiger partial charge is 0.511 e. The first-order valence-corrected chi connectivity index (χ1v) is 8.39. The zero-order chi connectivity index (χ0) is 18.8. The van der Waals surface area contributed by atoms with Gasteiger partial charge in [-0.1, -0.05) is 28.1 Å². The number of carboxylic acid groups (broad SMARTS) is 1. The molecule has 0 radical (unpaired) electrons. The summed E-state index contributed by atoms with van der Waals surface area (Å²) in [5.41, 5.74) is -0.223. The summed E-state index contributed by atoms with van der Waals surface area (Å²) in [5, 5.41) is 20.9. The molecule has 0 saturated heterocycles. The summed E-state index contributed by atoms with van der Waals surface area (Å²) in [6.07, 6.45) is 0.102. The third kappa shape index (κ3) is 4.39. The molecule has 134 valence electrons. The number of carbonyl (C=O) groups excluding carboxylic acids is 2. The summed E-state index contributed by atoms with van der Waals surface area (Å²) in [5.74, 6) is -3.07. The van der Waals surface area contributed by atoms with E-state index in [4.69, 9.17) is 5.11 Å². The number of nitrogens with zero attached hydrogens (tertiary/aromatic N) is 1. The molecule has 0 aromatic heterocycles. The third-order valence-corrected chi connectivity index (χ3v) is 4.49. The van der Waals surface area contributed by atoms with Gasteiger partial charge in [0.1, 0.15) is 17.9 Å². The Kier molecular flexibility index (Phi) is 5.52. The van der Waals surface area contributed by atoms with E-state index in [1.165, 1.54) is 4.90 Å². The van der Waals surface area contributed by atoms with Gasteiger partial charge >= 0.3 is 5.97 Å². The van der Waals surface area contributed by atoms with E-state index in [1.807, 2.05) is 24.3 Å². The summed E-state index contributed by atoms with van der Waals surface area (Å²) < 4.78 is 0.909. The van der Waals surface area contributed by atoms with Crippen molar-refractivity contribution < 1.29 is 24.6 Å². The van der Waals surface area contributed by atoms with Crippen LogP contribution in [0, 0.1) is 0 Å². The van der Waals surface area contributed by atoms with Crippen molar-refractivity contribution in [3.8, 4) is 0 Å². The van der Waals surface area contributed by atoms with E-state index in [9.17, 15) is 19.5 Å². The zero-order valence-corrected chi connectivity index (χ0v) is 15.5. The molecular weight excluding hydrogens is 392 g/mol. The van der Waals surface area contributed by atoms with E-state index in [0.717, 1.165) is 10.0 Å². The maximum Gasteiger partial charge on any atom is 0.322 e. The number of amides is 2. The fraction of sp³-hybridized carbons (Fsp3) is 0.353. The van der Waals surface area contributed by atoms with Crippen molar-refractivity contribution in [1.82, 2.24) is 10.2 Å². The third-order valence-electron chi connectivity index (χ3n) is 3.96. The quantitative estimate of drug-likeness (QED) is 0.643. The monoisotopic (exact) mass is 410 g/mol. The van der Waals surface area contributed by atoms with Crippen molar-refractivity contribution in [1.29, 1.82) is 0 Å². The zero-order valence-electron chi connectivity index (χ0n) is 13.9. The molecule has 0 saturated carbocycles. The number of aliphatic hydroxyl groups excluding tert-OH is 1. The SMILES string of the molecule is CC1(C)CC(O)=C(C(=O)NCC(=O)O)C(=O)N1Cc1ccc(Br)cc1. The van der Waals surface area contributed by atoms with Gasteiger partial charge < -0.3 is 20.4 Å². The lowest BCUT2D eigenvalue weighted by molar-refractivity contribution is -0.140. The van der Waals surface area contributed by atoms with Crippen LogP contribution in [0.3, 0.4) is 0 Å². The van der Waals surface area contributed by atoms with Crippen LogP contribution in [-0.4, -0.2) is 45.0 Å². The van der Waals surface area contributed by atoms with E-state index in [2.05, 4.69) is 21.2 Å². The molecule has 1 aromatic rings. The number of hydrogen-bond donors (Lipinski definition) is 3. The molecule has 1 aliphatic rings. The van der Waals surface area contributed by atoms with Gasteiger partial charge in [0.05, 0.1) is 0 Å². The highest BCUT2D eigenvalue weighted by Crippen LogP contribution is 2.32. The van der Waals surface area contributed by atoms with E-state index < -0.39 is 35.4 Å². The highest BCUT2D eigenvalue weighted by atomic mass is 79.9. The minimum atomic E-state index is -1.23. The first-order chi connectivity index (χ1) is 11.6. The van der Waals surface area contributed by atoms with Gasteiger partial charge in [-0.25, -0.2) is 0 Å². The number of nitrogens with one attached hydrogen (secondary N) is 1. The maximum atomic E-state index is 12.8. The Balaban J connectivity index is 2.28. The van der Waals surface area contributed by atoms with Crippen LogP contribution in [0.4, 0.5) is 0 Å². The summed E-state index contributed by atoms with van der Waals surface area (Å²) in [6.45, 7) is 3.24. The summed E-state index contributed by atoms with van der Waals surface area (Å²) in [7, 11) is 0. The Morgan fingerprint density at radius 3 is 2.44 bits per heavy atom. The molecule has 2 amide bonds. The molecule has 3 N–H and O–H groups in total. The molecular formula is C17H19BrN2O5. The van der Waals surface area contributed by atoms with Crippen LogP contribution in [0.1, 0.15) is 25.8 Å². The highest BCUT2D eigenvalue weighted by molar-refractivity contribution is 9.10. The molecule has 1 heterocycles. The predicted octanol–water partition coefficient (Wildman–Crippen LogP) is 1.97. The number of aliphatic hydroxyl groups is 1. The standard InChI is InChI=1S/C17H19BrN2O5/c1-17(2)7-12(21)14(15(24)19-8-13(22)23)16(25)20(17)9-10-3-5-11(18)6-4-10/h3-6,21H,7-9H2,1-2H3,(H,19,24)(H,22,23). The Labute approximate surface area is 153 Å². The van der Waals surface area contributed by atoms with E-state index >= 15 is 0 Å². The molecule has 0 aliphatic carbocycles. The number of carboxylic acids is 1. The molecule has 0 spiro atoms. The van der Waals surface area contributed by atoms with Crippen molar-refractivity contribution in [2.75, 3.05) is 6.54 Å². The number of aliphatic carboxylic acids is 1. The van der Waals surface area contributed by atoms with Crippen LogP contribution < -0.4 is 5.32 Å². The van der Waals surface area contributed by atoms with Gasteiger partial charge in [0.25, 0.3) is 11.8 Å². The lowest BCUT2D eigenvalue weighted by atomic mass is 9.88. The minimum absolute atomic E-state index is 0.102. The van der Waals surface area contributed by atoms with E-state index in [1.54, 1.807) is 13.8 Å². The fourth-order valence-corrected chi connectivity index (χ4v) is 2.92. The van der Waals surface area contributed by atoms with Crippen LogP contribution in [0.2, 0.25) is 0 Å². The van der Waals surface area contributed by atoms with Gasteiger partial charge in [-0.15, -0.1) is 0 Å². The first-order valence-electron chi connectivity index (χ1n) is 7.60. The number of hydrogen-bond acceptors (Lipinski definition) is 4. The molecule has 0 atom stereocenters. The van der Waals surface area contributed by atoms with Crippen molar-refractivity contribution in [3.63, 3.8) is 0 Å². The molecule has 1 aromatic carbocycles. The van der Waals surface area contributed by atoms with Crippen molar-refractivity contribution in [3.05, 3.63) is 45.6 Å². The van der Waals surface area contributed by atoms with Crippen molar-refractivity contribution in [2.45, 2.75) is 32.4 Å². The molecule has 7 nitrogen and oxygen atoms in total. The molecule has 25 heavy (non-hydrogen) atoms. The van der Waals surface area contributed by atoms with Gasteiger partial charge in [-0.2, -0.15) is 0 Å². The number of benzene rings is 1. The summed E-state index contributed by atoms with van der Waals surface area (Å²) >= 11 is 3.35. The van der Waals surface area contributed by atoms with Gasteiger partial charge in [0.15, 0.2) is 0 Å². The number of rotatable bonds is 5. The molecule has 1 aliphatic heterocycles. The van der Waals surface area contributed by atoms with E-state index in [-0.39, 0.29) is 18.7 Å². The van der Waals surface area contributed by atoms with Crippen LogP contribution in [0.25, 0.3) is 0 Å². The van der Waals surface area contributed by atoms with Gasteiger partial charge in [-0.05, 0) is 31.5 Å². The lowest BCUT2D eigenvalue weighted by Gasteiger charge is -2.42. The topological polar surface area (TPSA) is 107 Å². The first kappa shape index (κ1) is 19.0. The smallest absolute Gasteiger partial charge is 0.322 e. The molecule has 0 bridgehead atoms. The highest BCUT2D eigenvalue weighted by Gasteiger charge is 2.42. The maximum absolute atomic E-state index is 12.8.